The topological polar surface area (TPSA) is 262 Å². The molecule has 1 aliphatic rings. The average molecular weight is 617 g/mol. The molecule has 1 saturated heterocycles. The molecule has 0 aliphatic carbocycles. The van der Waals surface area contributed by atoms with Gasteiger partial charge in [0.1, 0.15) is 24.2 Å². The minimum atomic E-state index is -0.912. The van der Waals surface area contributed by atoms with E-state index in [-0.39, 0.29) is 55.1 Å². The number of anilines is 1. The number of nitrogens with one attached hydrogen (secondary N) is 3. The van der Waals surface area contributed by atoms with Crippen LogP contribution in [0.15, 0.2) is 28.6 Å². The van der Waals surface area contributed by atoms with Crippen LogP contribution < -0.4 is 38.9 Å². The summed E-state index contributed by atoms with van der Waals surface area (Å²) in [5, 5.41) is 8.91. The van der Waals surface area contributed by atoms with Crippen LogP contribution in [-0.4, -0.2) is 94.6 Å². The number of hydrogen-bond acceptors (Lipinski definition) is 9. The predicted molar refractivity (Wildman–Crippen MR) is 168 cm³/mol. The van der Waals surface area contributed by atoms with Crippen molar-refractivity contribution in [2.75, 3.05) is 25.0 Å². The van der Waals surface area contributed by atoms with Crippen LogP contribution in [0.3, 0.4) is 0 Å². The van der Waals surface area contributed by atoms with Crippen molar-refractivity contribution < 1.29 is 19.2 Å². The van der Waals surface area contributed by atoms with Gasteiger partial charge in [0.25, 0.3) is 0 Å². The van der Waals surface area contributed by atoms with Crippen molar-refractivity contribution >= 4 is 41.7 Å². The number of aliphatic imine (C=N–C) groups is 2. The molecular weight excluding hydrogens is 568 g/mol. The number of aromatic nitrogens is 2. The van der Waals surface area contributed by atoms with E-state index >= 15 is 0 Å². The van der Waals surface area contributed by atoms with Gasteiger partial charge in [-0.2, -0.15) is 0 Å². The van der Waals surface area contributed by atoms with Crippen LogP contribution in [-0.2, 0) is 19.2 Å². The van der Waals surface area contributed by atoms with Crippen LogP contribution in [0.4, 0.5) is 5.82 Å². The van der Waals surface area contributed by atoms with Gasteiger partial charge >= 0.3 is 0 Å². The van der Waals surface area contributed by atoms with E-state index in [1.54, 1.807) is 12.4 Å². The number of carbonyl (C=O) groups excluding carboxylic acids is 4. The van der Waals surface area contributed by atoms with E-state index in [4.69, 9.17) is 22.9 Å². The minimum absolute atomic E-state index is 0.0110. The zero-order valence-corrected chi connectivity index (χ0v) is 25.7. The Hall–Kier alpha value is -4.50. The first kappa shape index (κ1) is 35.7. The zero-order chi connectivity index (χ0) is 32.5. The Morgan fingerprint density at radius 3 is 2.30 bits per heavy atom. The van der Waals surface area contributed by atoms with Crippen LogP contribution in [0.2, 0.25) is 0 Å². The van der Waals surface area contributed by atoms with E-state index in [0.717, 1.165) is 6.29 Å². The molecule has 0 aromatic carbocycles. The first-order valence-electron chi connectivity index (χ1n) is 15.0. The Morgan fingerprint density at radius 1 is 1.02 bits per heavy atom. The number of hydrogen-bond donors (Lipinski definition) is 7. The van der Waals surface area contributed by atoms with Crippen molar-refractivity contribution in [2.24, 2.45) is 38.8 Å². The molecular formula is C28H48N12O4. The lowest BCUT2D eigenvalue weighted by atomic mass is 10.0. The normalized spacial score (nSPS) is 16.3. The summed E-state index contributed by atoms with van der Waals surface area (Å²) in [6.45, 7) is 4.96. The third-order valence-electron chi connectivity index (χ3n) is 7.01. The van der Waals surface area contributed by atoms with Crippen molar-refractivity contribution in [3.8, 4) is 0 Å². The van der Waals surface area contributed by atoms with Gasteiger partial charge in [0.15, 0.2) is 11.9 Å². The molecule has 0 bridgehead atoms. The third kappa shape index (κ3) is 13.2. The second kappa shape index (κ2) is 18.9. The molecule has 1 aromatic rings. The summed E-state index contributed by atoms with van der Waals surface area (Å²) in [6, 6.07) is -2.68. The maximum Gasteiger partial charge on any atom is 0.245 e. The molecule has 0 saturated carbocycles. The Bertz CT molecular complexity index is 1120. The van der Waals surface area contributed by atoms with Crippen molar-refractivity contribution in [1.29, 1.82) is 0 Å². The summed E-state index contributed by atoms with van der Waals surface area (Å²) in [7, 11) is 0. The number of nitrogens with two attached hydrogens (primary N) is 4. The molecule has 1 aromatic heterocycles. The zero-order valence-electron chi connectivity index (χ0n) is 25.7. The number of rotatable bonds is 19. The first-order chi connectivity index (χ1) is 21.0. The molecule has 2 heterocycles. The molecule has 11 N–H and O–H groups in total. The fourth-order valence-electron chi connectivity index (χ4n) is 4.97. The number of amides is 3. The second-order valence-electron chi connectivity index (χ2n) is 11.2. The van der Waals surface area contributed by atoms with Gasteiger partial charge < -0.3 is 48.6 Å². The second-order valence-corrected chi connectivity index (χ2v) is 11.2. The summed E-state index contributed by atoms with van der Waals surface area (Å²) >= 11 is 0. The quantitative estimate of drug-likeness (QED) is 0.0427. The summed E-state index contributed by atoms with van der Waals surface area (Å²) in [4.78, 5) is 69.6. The van der Waals surface area contributed by atoms with Crippen molar-refractivity contribution in [2.45, 2.75) is 89.4 Å². The molecule has 3 amide bonds. The van der Waals surface area contributed by atoms with Crippen LogP contribution in [0, 0.1) is 5.92 Å². The fraction of sp³-hybridized carbons (Fsp3) is 0.643. The molecule has 16 nitrogen and oxygen atoms in total. The van der Waals surface area contributed by atoms with E-state index in [1.807, 2.05) is 13.8 Å². The number of guanidine groups is 2. The molecule has 1 fully saturated rings. The fourth-order valence-corrected chi connectivity index (χ4v) is 4.97. The summed E-state index contributed by atoms with van der Waals surface area (Å²) in [6.07, 6.45) is 8.87. The Kier molecular flexibility index (Phi) is 15.3. The van der Waals surface area contributed by atoms with Gasteiger partial charge in [-0.3, -0.25) is 29.4 Å². The van der Waals surface area contributed by atoms with Crippen LogP contribution >= 0.6 is 0 Å². The highest BCUT2D eigenvalue weighted by molar-refractivity contribution is 5.93. The maximum absolute atomic E-state index is 13.6. The SMILES string of the molecule is CC(C)C[C@H](NC(=O)C[C@H](CCCN=C(N)N)Nc1cnccn1)C(=O)N[C@@H](CCCN=C(N)N)C(=O)N1CCC[C@H]1C=O. The molecule has 1 aliphatic heterocycles. The third-order valence-corrected chi connectivity index (χ3v) is 7.01. The van der Waals surface area contributed by atoms with Gasteiger partial charge in [0, 0.05) is 44.5 Å². The average Bonchev–Trinajstić information content (AvgIpc) is 3.45. The number of aldehydes is 1. The van der Waals surface area contributed by atoms with Crippen molar-refractivity contribution in [1.82, 2.24) is 25.5 Å². The van der Waals surface area contributed by atoms with Crippen LogP contribution in [0.1, 0.15) is 65.2 Å². The van der Waals surface area contributed by atoms with Gasteiger partial charge in [0.2, 0.25) is 17.7 Å². The predicted octanol–water partition coefficient (Wildman–Crippen LogP) is -1.04. The van der Waals surface area contributed by atoms with Crippen LogP contribution in [0.5, 0.6) is 0 Å². The van der Waals surface area contributed by atoms with Gasteiger partial charge in [-0.15, -0.1) is 0 Å². The van der Waals surface area contributed by atoms with Gasteiger partial charge in [0.05, 0.1) is 12.2 Å². The van der Waals surface area contributed by atoms with E-state index in [2.05, 4.69) is 35.9 Å². The number of nitrogens with zero attached hydrogens (tertiary/aromatic N) is 5. The lowest BCUT2D eigenvalue weighted by molar-refractivity contribution is -0.139. The Balaban J connectivity index is 2.15. The molecule has 44 heavy (non-hydrogen) atoms. The molecule has 0 spiro atoms. The van der Waals surface area contributed by atoms with E-state index < -0.39 is 24.0 Å². The van der Waals surface area contributed by atoms with Crippen molar-refractivity contribution in [3.63, 3.8) is 0 Å². The molecule has 16 heteroatoms. The van der Waals surface area contributed by atoms with E-state index in [9.17, 15) is 19.2 Å². The molecule has 0 radical (unpaired) electrons. The highest BCUT2D eigenvalue weighted by atomic mass is 16.2. The molecule has 4 atom stereocenters. The van der Waals surface area contributed by atoms with Gasteiger partial charge in [-0.25, -0.2) is 4.98 Å². The standard InChI is InChI=1S/C28H48N12O4/c1-18(2)14-22(38-24(42)15-19(6-3-9-35-27(29)30)37-23-16-33-11-12-34-23)25(43)39-21(8-4-10-36-28(31)32)26(44)40-13-5-7-20(40)17-41/h11-12,16-22H,3-10,13-15H2,1-2H3,(H,34,37)(H,38,42)(H,39,43)(H4,29,30,35)(H4,31,32,36)/t19-,20-,21-,22-/m0/s1. The first-order valence-corrected chi connectivity index (χ1v) is 15.0. The Morgan fingerprint density at radius 2 is 1.70 bits per heavy atom. The lowest BCUT2D eigenvalue weighted by Crippen LogP contribution is -2.55. The largest absolute Gasteiger partial charge is 0.370 e. The van der Waals surface area contributed by atoms with E-state index in [0.29, 0.717) is 57.4 Å². The Labute approximate surface area is 258 Å². The van der Waals surface area contributed by atoms with E-state index in [1.165, 1.54) is 11.1 Å². The minimum Gasteiger partial charge on any atom is -0.370 e. The summed E-state index contributed by atoms with van der Waals surface area (Å²) < 4.78 is 0. The van der Waals surface area contributed by atoms with Gasteiger partial charge in [-0.05, 0) is 50.9 Å². The molecule has 2 rings (SSSR count). The monoisotopic (exact) mass is 616 g/mol. The summed E-state index contributed by atoms with van der Waals surface area (Å²) in [5.74, 6) is -0.704. The number of likely N-dealkylation sites (tertiary alicyclic amines) is 1. The smallest absolute Gasteiger partial charge is 0.245 e. The molecule has 244 valence electrons. The lowest BCUT2D eigenvalue weighted by Gasteiger charge is -2.29. The maximum atomic E-state index is 13.6. The number of carbonyl (C=O) groups is 4. The highest BCUT2D eigenvalue weighted by Crippen LogP contribution is 2.18. The van der Waals surface area contributed by atoms with Crippen molar-refractivity contribution in [3.05, 3.63) is 18.6 Å². The summed E-state index contributed by atoms with van der Waals surface area (Å²) in [5.41, 5.74) is 21.7. The van der Waals surface area contributed by atoms with Gasteiger partial charge in [-0.1, -0.05) is 13.8 Å². The molecule has 0 unspecified atom stereocenters. The van der Waals surface area contributed by atoms with Crippen LogP contribution in [0.25, 0.3) is 0 Å². The highest BCUT2D eigenvalue weighted by Gasteiger charge is 2.35.